The number of hydrogen-bond donors (Lipinski definition) is 3. The van der Waals surface area contributed by atoms with Gasteiger partial charge in [-0.25, -0.2) is 9.37 Å². The Hall–Kier alpha value is -2.57. The Morgan fingerprint density at radius 3 is 2.76 bits per heavy atom. The first-order valence-corrected chi connectivity index (χ1v) is 8.65. The van der Waals surface area contributed by atoms with Crippen LogP contribution in [0, 0.1) is 5.82 Å². The zero-order chi connectivity index (χ0) is 18.0. The van der Waals surface area contributed by atoms with Gasteiger partial charge < -0.3 is 20.9 Å². The van der Waals surface area contributed by atoms with Crippen molar-refractivity contribution in [2.75, 3.05) is 27.4 Å². The molecular formula is C18H25FN6. The first-order chi connectivity index (χ1) is 11.9. The number of benzene rings is 1. The molecule has 1 aromatic heterocycles. The van der Waals surface area contributed by atoms with Gasteiger partial charge in [-0.15, -0.1) is 0 Å². The molecule has 7 heteroatoms. The van der Waals surface area contributed by atoms with Crippen LogP contribution in [0.1, 0.15) is 34.1 Å². The molecule has 0 saturated heterocycles. The topological polar surface area (TPSA) is 65.1 Å². The Morgan fingerprint density at radius 1 is 1.32 bits per heavy atom. The van der Waals surface area contributed by atoms with Gasteiger partial charge in [0.05, 0.1) is 17.6 Å². The summed E-state index contributed by atoms with van der Waals surface area (Å²) in [5, 5.41) is 9.89. The molecule has 0 radical (unpaired) electrons. The van der Waals surface area contributed by atoms with Gasteiger partial charge in [0.15, 0.2) is 11.6 Å². The zero-order valence-corrected chi connectivity index (χ0v) is 15.1. The number of para-hydroxylation sites is 1. The zero-order valence-electron chi connectivity index (χ0n) is 15.1. The van der Waals surface area contributed by atoms with Gasteiger partial charge in [0, 0.05) is 12.6 Å². The van der Waals surface area contributed by atoms with E-state index in [0.717, 1.165) is 24.5 Å². The molecule has 0 spiro atoms. The van der Waals surface area contributed by atoms with E-state index in [4.69, 9.17) is 0 Å². The molecule has 6 nitrogen and oxygen atoms in total. The smallest absolute Gasteiger partial charge is 0.224 e. The van der Waals surface area contributed by atoms with E-state index >= 15 is 0 Å². The molecule has 2 aromatic rings. The highest BCUT2D eigenvalue weighted by Crippen LogP contribution is 2.40. The average molecular weight is 344 g/mol. The van der Waals surface area contributed by atoms with Gasteiger partial charge in [-0.05, 0) is 39.3 Å². The van der Waals surface area contributed by atoms with Crippen molar-refractivity contribution >= 4 is 23.1 Å². The minimum Gasteiger partial charge on any atom is -0.354 e. The molecule has 2 heterocycles. The second kappa shape index (κ2) is 6.74. The molecule has 0 saturated carbocycles. The van der Waals surface area contributed by atoms with E-state index in [1.807, 2.05) is 13.0 Å². The third-order valence-electron chi connectivity index (χ3n) is 4.16. The Kier molecular flexibility index (Phi) is 4.65. The van der Waals surface area contributed by atoms with Crippen LogP contribution in [0.5, 0.6) is 0 Å². The number of nitrogens with one attached hydrogen (secondary N) is 3. The molecule has 3 rings (SSSR count). The second-order valence-electron chi connectivity index (χ2n) is 6.62. The molecule has 0 amide bonds. The van der Waals surface area contributed by atoms with E-state index in [0.29, 0.717) is 11.6 Å². The van der Waals surface area contributed by atoms with Gasteiger partial charge in [0.1, 0.15) is 5.82 Å². The fraction of sp³-hybridized carbons (Fsp3) is 0.444. The summed E-state index contributed by atoms with van der Waals surface area (Å²) in [6.45, 7) is 9.05. The molecule has 134 valence electrons. The van der Waals surface area contributed by atoms with Crippen LogP contribution in [0.25, 0.3) is 0 Å². The van der Waals surface area contributed by atoms with Crippen molar-refractivity contribution in [3.8, 4) is 0 Å². The summed E-state index contributed by atoms with van der Waals surface area (Å²) in [5.41, 5.74) is 1.26. The molecule has 1 unspecified atom stereocenters. The van der Waals surface area contributed by atoms with Crippen molar-refractivity contribution < 1.29 is 4.39 Å². The third-order valence-corrected chi connectivity index (χ3v) is 4.16. The molecule has 0 aliphatic carbocycles. The van der Waals surface area contributed by atoms with E-state index in [-0.39, 0.29) is 11.9 Å². The summed E-state index contributed by atoms with van der Waals surface area (Å²) < 4.78 is 14.1. The number of anilines is 4. The molecule has 1 atom stereocenters. The van der Waals surface area contributed by atoms with Crippen LogP contribution in [0.15, 0.2) is 30.5 Å². The summed E-state index contributed by atoms with van der Waals surface area (Å²) in [6, 6.07) is 6.80. The highest BCUT2D eigenvalue weighted by Gasteiger charge is 2.43. The van der Waals surface area contributed by atoms with Gasteiger partial charge in [-0.1, -0.05) is 19.1 Å². The van der Waals surface area contributed by atoms with E-state index in [1.165, 1.54) is 6.07 Å². The predicted molar refractivity (Wildman–Crippen MR) is 100 cm³/mol. The summed E-state index contributed by atoms with van der Waals surface area (Å²) in [5.74, 6) is 0.399. The number of rotatable bonds is 6. The van der Waals surface area contributed by atoms with Crippen LogP contribution in [0.3, 0.4) is 0 Å². The lowest BCUT2D eigenvalue weighted by molar-refractivity contribution is 0.502. The van der Waals surface area contributed by atoms with Crippen molar-refractivity contribution in [3.05, 3.63) is 36.3 Å². The highest BCUT2D eigenvalue weighted by atomic mass is 19.1. The van der Waals surface area contributed by atoms with E-state index in [9.17, 15) is 4.39 Å². The van der Waals surface area contributed by atoms with Crippen LogP contribution < -0.4 is 20.9 Å². The van der Waals surface area contributed by atoms with Gasteiger partial charge in [-0.3, -0.25) is 0 Å². The van der Waals surface area contributed by atoms with Crippen LogP contribution in [0.2, 0.25) is 0 Å². The lowest BCUT2D eigenvalue weighted by Gasteiger charge is -2.40. The van der Waals surface area contributed by atoms with Crippen molar-refractivity contribution in [1.29, 1.82) is 0 Å². The molecule has 1 aliphatic rings. The molecular weight excluding hydrogens is 319 g/mol. The quantitative estimate of drug-likeness (QED) is 0.739. The molecule has 1 aliphatic heterocycles. The molecule has 3 N–H and O–H groups in total. The minimum absolute atomic E-state index is 0.145. The summed E-state index contributed by atoms with van der Waals surface area (Å²) in [6.07, 6.45) is 2.77. The lowest BCUT2D eigenvalue weighted by Crippen LogP contribution is -2.57. The number of hydrogen-bond acceptors (Lipinski definition) is 6. The van der Waals surface area contributed by atoms with Crippen molar-refractivity contribution in [2.24, 2.45) is 0 Å². The minimum atomic E-state index is -0.712. The van der Waals surface area contributed by atoms with Crippen LogP contribution >= 0.6 is 0 Å². The van der Waals surface area contributed by atoms with Crippen molar-refractivity contribution in [2.45, 2.75) is 45.9 Å². The Morgan fingerprint density at radius 2 is 2.08 bits per heavy atom. The van der Waals surface area contributed by atoms with Crippen LogP contribution in [0.4, 0.5) is 27.5 Å². The number of aromatic nitrogens is 2. The number of nitrogens with zero attached hydrogens (tertiary/aromatic N) is 3. The maximum Gasteiger partial charge on any atom is 0.224 e. The first-order valence-electron chi connectivity index (χ1n) is 8.65. The fourth-order valence-electron chi connectivity index (χ4n) is 3.18. The van der Waals surface area contributed by atoms with Gasteiger partial charge in [-0.2, -0.15) is 4.98 Å². The standard InChI is InChI=1S/C18H25FN6/c1-5-10-20-17-21-11-15-16(22-17)25(12(2)3)18(4,24-15)23-14-9-7-6-8-13(14)19/h6-9,11-12,23-24H,5,10H2,1-4H3,(H,20,21,22). The van der Waals surface area contributed by atoms with Crippen molar-refractivity contribution in [1.82, 2.24) is 9.97 Å². The fourth-order valence-corrected chi connectivity index (χ4v) is 3.18. The molecule has 1 aromatic carbocycles. The molecule has 0 fully saturated rings. The molecule has 25 heavy (non-hydrogen) atoms. The number of fused-ring (bicyclic) bond motifs is 1. The second-order valence-corrected chi connectivity index (χ2v) is 6.62. The first kappa shape index (κ1) is 17.3. The largest absolute Gasteiger partial charge is 0.354 e. The maximum absolute atomic E-state index is 14.1. The average Bonchev–Trinajstić information content (AvgIpc) is 2.86. The Labute approximate surface area is 147 Å². The SMILES string of the molecule is CCCNc1ncc2c(n1)N(C(C)C)C(C)(Nc1ccccc1F)N2. The summed E-state index contributed by atoms with van der Waals surface area (Å²) >= 11 is 0. The highest BCUT2D eigenvalue weighted by molar-refractivity contribution is 5.76. The van der Waals surface area contributed by atoms with E-state index < -0.39 is 5.79 Å². The normalized spacial score (nSPS) is 18.9. The van der Waals surface area contributed by atoms with E-state index in [2.05, 4.69) is 51.6 Å². The monoisotopic (exact) mass is 344 g/mol. The predicted octanol–water partition coefficient (Wildman–Crippen LogP) is 3.86. The van der Waals surface area contributed by atoms with Gasteiger partial charge >= 0.3 is 0 Å². The maximum atomic E-state index is 14.1. The van der Waals surface area contributed by atoms with Crippen molar-refractivity contribution in [3.63, 3.8) is 0 Å². The van der Waals surface area contributed by atoms with Crippen LogP contribution in [-0.4, -0.2) is 28.3 Å². The summed E-state index contributed by atoms with van der Waals surface area (Å²) in [4.78, 5) is 11.1. The van der Waals surface area contributed by atoms with Gasteiger partial charge in [0.2, 0.25) is 5.95 Å². The molecule has 0 bridgehead atoms. The summed E-state index contributed by atoms with van der Waals surface area (Å²) in [7, 11) is 0. The van der Waals surface area contributed by atoms with E-state index in [1.54, 1.807) is 18.3 Å². The Bertz CT molecular complexity index is 750. The lowest BCUT2D eigenvalue weighted by atomic mass is 10.2. The van der Waals surface area contributed by atoms with Gasteiger partial charge in [0.25, 0.3) is 0 Å². The van der Waals surface area contributed by atoms with Crippen LogP contribution in [-0.2, 0) is 0 Å². The third kappa shape index (κ3) is 3.31. The number of halogens is 1. The Balaban J connectivity index is 1.94.